The van der Waals surface area contributed by atoms with Gasteiger partial charge in [0.15, 0.2) is 0 Å². The molecule has 1 N–H and O–H groups in total. The van der Waals surface area contributed by atoms with Crippen molar-refractivity contribution >= 4 is 5.91 Å². The van der Waals surface area contributed by atoms with Gasteiger partial charge in [0.2, 0.25) is 5.91 Å². The maximum atomic E-state index is 12.5. The van der Waals surface area contributed by atoms with Crippen molar-refractivity contribution < 1.29 is 4.79 Å². The van der Waals surface area contributed by atoms with Crippen molar-refractivity contribution in [2.45, 2.75) is 51.1 Å². The Morgan fingerprint density at radius 3 is 2.59 bits per heavy atom. The van der Waals surface area contributed by atoms with Crippen LogP contribution >= 0.6 is 0 Å². The van der Waals surface area contributed by atoms with E-state index in [4.69, 9.17) is 0 Å². The summed E-state index contributed by atoms with van der Waals surface area (Å²) in [4.78, 5) is 35.2. The summed E-state index contributed by atoms with van der Waals surface area (Å²) < 4.78 is 1.73. The van der Waals surface area contributed by atoms with Gasteiger partial charge in [-0.2, -0.15) is 0 Å². The summed E-state index contributed by atoms with van der Waals surface area (Å²) in [5, 5.41) is 3.17. The molecule has 2 aromatic heterocycles. The Hall–Kier alpha value is -2.54. The highest BCUT2D eigenvalue weighted by Crippen LogP contribution is 2.20. The zero-order valence-electron chi connectivity index (χ0n) is 16.8. The predicted molar refractivity (Wildman–Crippen MR) is 111 cm³/mol. The van der Waals surface area contributed by atoms with Crippen molar-refractivity contribution in [3.8, 4) is 11.3 Å². The van der Waals surface area contributed by atoms with Crippen LogP contribution in [-0.4, -0.2) is 51.0 Å². The predicted octanol–water partition coefficient (Wildman–Crippen LogP) is 2.08. The summed E-state index contributed by atoms with van der Waals surface area (Å²) in [6.07, 6.45) is 11.1. The van der Waals surface area contributed by atoms with Crippen molar-refractivity contribution in [3.63, 3.8) is 0 Å². The van der Waals surface area contributed by atoms with Gasteiger partial charge in [-0.3, -0.25) is 19.1 Å². The summed E-state index contributed by atoms with van der Waals surface area (Å²) in [6, 6.07) is 5.62. The molecule has 0 saturated carbocycles. The van der Waals surface area contributed by atoms with Gasteiger partial charge in [0, 0.05) is 49.6 Å². The average molecular weight is 396 g/mol. The highest BCUT2D eigenvalue weighted by molar-refractivity contribution is 5.76. The van der Waals surface area contributed by atoms with E-state index in [0.29, 0.717) is 18.0 Å². The van der Waals surface area contributed by atoms with E-state index < -0.39 is 0 Å². The number of amides is 1. The number of piperidine rings is 1. The molecule has 1 amide bonds. The number of carbonyl (C=O) groups is 1. The third kappa shape index (κ3) is 5.29. The minimum atomic E-state index is -0.00425. The molecule has 2 aliphatic rings. The first-order chi connectivity index (χ1) is 14.2. The van der Waals surface area contributed by atoms with Gasteiger partial charge in [-0.15, -0.1) is 0 Å². The Balaban J connectivity index is 1.29. The van der Waals surface area contributed by atoms with Gasteiger partial charge >= 0.3 is 0 Å². The molecule has 0 aliphatic carbocycles. The van der Waals surface area contributed by atoms with E-state index in [1.165, 1.54) is 0 Å². The Bertz CT molecular complexity index is 874. The monoisotopic (exact) mass is 395 g/mol. The molecule has 0 bridgehead atoms. The van der Waals surface area contributed by atoms with E-state index >= 15 is 0 Å². The maximum Gasteiger partial charge on any atom is 0.253 e. The Morgan fingerprint density at radius 1 is 1.03 bits per heavy atom. The number of hydrogen-bond acceptors (Lipinski definition) is 5. The maximum absolute atomic E-state index is 12.5. The molecular weight excluding hydrogens is 366 g/mol. The highest BCUT2D eigenvalue weighted by atomic mass is 16.1. The van der Waals surface area contributed by atoms with Crippen molar-refractivity contribution in [1.29, 1.82) is 0 Å². The Morgan fingerprint density at radius 2 is 1.83 bits per heavy atom. The Kier molecular flexibility index (Phi) is 6.34. The molecule has 29 heavy (non-hydrogen) atoms. The summed E-state index contributed by atoms with van der Waals surface area (Å²) in [6.45, 7) is 3.71. The molecule has 2 saturated heterocycles. The second kappa shape index (κ2) is 9.31. The lowest BCUT2D eigenvalue weighted by molar-refractivity contribution is -0.121. The highest BCUT2D eigenvalue weighted by Gasteiger charge is 2.24. The molecule has 2 fully saturated rings. The van der Waals surface area contributed by atoms with E-state index in [1.807, 2.05) is 12.1 Å². The first-order valence-electron chi connectivity index (χ1n) is 10.7. The summed E-state index contributed by atoms with van der Waals surface area (Å²) >= 11 is 0. The number of rotatable bonds is 5. The fraction of sp³-hybridized carbons (Fsp3) is 0.545. The topological polar surface area (TPSA) is 80.1 Å². The van der Waals surface area contributed by atoms with E-state index in [1.54, 1.807) is 29.4 Å². The molecule has 154 valence electrons. The minimum absolute atomic E-state index is 0.00425. The standard InChI is InChI=1S/C22H29N5O2/c28-21-4-2-1-3-19(25-21)15-26-11-7-17(8-12-26)14-27-16-24-20(13-22(27)29)18-5-9-23-10-6-18/h5-6,9-10,13,16-17,19H,1-4,7-8,11-12,14-15H2,(H,25,28). The lowest BCUT2D eigenvalue weighted by Gasteiger charge is -2.34. The number of nitrogens with one attached hydrogen (secondary N) is 1. The molecule has 4 rings (SSSR count). The third-order valence-corrected chi connectivity index (χ3v) is 6.07. The quantitative estimate of drug-likeness (QED) is 0.838. The number of likely N-dealkylation sites (tertiary alicyclic amines) is 1. The van der Waals surface area contributed by atoms with Crippen LogP contribution in [0.1, 0.15) is 38.5 Å². The van der Waals surface area contributed by atoms with Crippen LogP contribution in [0.4, 0.5) is 0 Å². The van der Waals surface area contributed by atoms with E-state index in [9.17, 15) is 9.59 Å². The Labute approximate surface area is 171 Å². The van der Waals surface area contributed by atoms with Crippen molar-refractivity contribution in [2.24, 2.45) is 5.92 Å². The van der Waals surface area contributed by atoms with Gasteiger partial charge in [-0.05, 0) is 56.8 Å². The van der Waals surface area contributed by atoms with Crippen molar-refractivity contribution in [1.82, 2.24) is 24.8 Å². The van der Waals surface area contributed by atoms with E-state index in [2.05, 4.69) is 20.2 Å². The zero-order valence-corrected chi connectivity index (χ0v) is 16.8. The summed E-state index contributed by atoms with van der Waals surface area (Å²) in [5.41, 5.74) is 1.59. The van der Waals surface area contributed by atoms with Crippen LogP contribution in [0.3, 0.4) is 0 Å². The molecule has 7 heteroatoms. The molecule has 0 spiro atoms. The van der Waals surface area contributed by atoms with Crippen LogP contribution in [-0.2, 0) is 11.3 Å². The SMILES string of the molecule is O=C1CCCCC(CN2CCC(Cn3cnc(-c4ccncc4)cc3=O)CC2)N1. The van der Waals surface area contributed by atoms with E-state index in [-0.39, 0.29) is 17.5 Å². The molecule has 4 heterocycles. The molecule has 1 atom stereocenters. The third-order valence-electron chi connectivity index (χ3n) is 6.07. The van der Waals surface area contributed by atoms with Crippen molar-refractivity contribution in [2.75, 3.05) is 19.6 Å². The molecule has 0 aromatic carbocycles. The molecule has 0 radical (unpaired) electrons. The van der Waals surface area contributed by atoms with Crippen LogP contribution in [0.25, 0.3) is 11.3 Å². The number of nitrogens with zero attached hydrogens (tertiary/aromatic N) is 4. The van der Waals surface area contributed by atoms with Gasteiger partial charge in [0.05, 0.1) is 12.0 Å². The van der Waals surface area contributed by atoms with Gasteiger partial charge in [-0.1, -0.05) is 6.42 Å². The average Bonchev–Trinajstić information content (AvgIpc) is 2.95. The summed E-state index contributed by atoms with van der Waals surface area (Å²) in [5.74, 6) is 0.686. The normalized spacial score (nSPS) is 21.5. The second-order valence-corrected chi connectivity index (χ2v) is 8.25. The van der Waals surface area contributed by atoms with Crippen LogP contribution in [0, 0.1) is 5.92 Å². The largest absolute Gasteiger partial charge is 0.352 e. The number of pyridine rings is 1. The molecule has 2 aliphatic heterocycles. The molecule has 2 aromatic rings. The number of hydrogen-bond donors (Lipinski definition) is 1. The molecule has 7 nitrogen and oxygen atoms in total. The minimum Gasteiger partial charge on any atom is -0.352 e. The van der Waals surface area contributed by atoms with Crippen molar-refractivity contribution in [3.05, 3.63) is 47.3 Å². The number of carbonyl (C=O) groups excluding carboxylic acids is 1. The molecular formula is C22H29N5O2. The zero-order chi connectivity index (χ0) is 20.1. The smallest absolute Gasteiger partial charge is 0.253 e. The van der Waals surface area contributed by atoms with Crippen LogP contribution in [0.15, 0.2) is 41.7 Å². The van der Waals surface area contributed by atoms with Crippen LogP contribution in [0.2, 0.25) is 0 Å². The first-order valence-corrected chi connectivity index (χ1v) is 10.7. The van der Waals surface area contributed by atoms with Gasteiger partial charge < -0.3 is 10.2 Å². The lowest BCUT2D eigenvalue weighted by Crippen LogP contribution is -2.45. The van der Waals surface area contributed by atoms with Gasteiger partial charge in [0.1, 0.15) is 0 Å². The van der Waals surface area contributed by atoms with E-state index in [0.717, 1.165) is 63.8 Å². The van der Waals surface area contributed by atoms with Crippen LogP contribution < -0.4 is 10.9 Å². The van der Waals surface area contributed by atoms with Crippen LogP contribution in [0.5, 0.6) is 0 Å². The fourth-order valence-electron chi connectivity index (χ4n) is 4.37. The second-order valence-electron chi connectivity index (χ2n) is 8.25. The fourth-order valence-corrected chi connectivity index (χ4v) is 4.37. The van der Waals surface area contributed by atoms with Gasteiger partial charge in [0.25, 0.3) is 5.56 Å². The first kappa shape index (κ1) is 19.8. The van der Waals surface area contributed by atoms with Gasteiger partial charge in [-0.25, -0.2) is 4.98 Å². The number of aromatic nitrogens is 3. The molecule has 1 unspecified atom stereocenters. The summed E-state index contributed by atoms with van der Waals surface area (Å²) in [7, 11) is 0. The lowest BCUT2D eigenvalue weighted by atomic mass is 9.96.